The van der Waals surface area contributed by atoms with Crippen molar-refractivity contribution in [3.05, 3.63) is 35.7 Å². The number of carbonyl (C=O) groups is 1. The Kier molecular flexibility index (Phi) is 7.40. The first-order valence-electron chi connectivity index (χ1n) is 8.90. The van der Waals surface area contributed by atoms with Crippen LogP contribution in [0.1, 0.15) is 23.0 Å². The summed E-state index contributed by atoms with van der Waals surface area (Å²) in [5.41, 5.74) is 2.23. The van der Waals surface area contributed by atoms with E-state index in [-0.39, 0.29) is 18.3 Å². The number of fused-ring (bicyclic) bond motifs is 1. The molecule has 1 amide bonds. The first-order valence-corrected chi connectivity index (χ1v) is 9.71. The summed E-state index contributed by atoms with van der Waals surface area (Å²) in [6.45, 7) is 5.70. The number of hydrogen-bond donors (Lipinski definition) is 0. The largest absolute Gasteiger partial charge is 0.492 e. The van der Waals surface area contributed by atoms with Crippen molar-refractivity contribution in [2.24, 2.45) is 7.05 Å². The van der Waals surface area contributed by atoms with E-state index in [1.807, 2.05) is 46.1 Å². The van der Waals surface area contributed by atoms with E-state index >= 15 is 0 Å². The van der Waals surface area contributed by atoms with E-state index < -0.39 is 0 Å². The van der Waals surface area contributed by atoms with Crippen molar-refractivity contribution < 1.29 is 9.53 Å². The molecule has 2 aromatic heterocycles. The fraction of sp³-hybridized carbons (Fsp3) is 0.421. The topological polar surface area (TPSA) is 63.5 Å². The minimum Gasteiger partial charge on any atom is -0.492 e. The number of ether oxygens (including phenoxy) is 1. The Morgan fingerprint density at radius 2 is 2.04 bits per heavy atom. The zero-order chi connectivity index (χ0) is 19.6. The van der Waals surface area contributed by atoms with Gasteiger partial charge in [-0.05, 0) is 45.6 Å². The summed E-state index contributed by atoms with van der Waals surface area (Å²) in [5.74, 6) is 0.653. The molecule has 0 aliphatic heterocycles. The van der Waals surface area contributed by atoms with E-state index in [2.05, 4.69) is 10.00 Å². The lowest BCUT2D eigenvalue weighted by Crippen LogP contribution is -2.38. The molecule has 3 aromatic rings. The second-order valence-corrected chi connectivity index (χ2v) is 7.60. The van der Waals surface area contributed by atoms with Gasteiger partial charge >= 0.3 is 0 Å². The molecule has 7 nitrogen and oxygen atoms in total. The van der Waals surface area contributed by atoms with Crippen molar-refractivity contribution >= 4 is 45.0 Å². The van der Waals surface area contributed by atoms with E-state index in [1.54, 1.807) is 22.8 Å². The highest BCUT2D eigenvalue weighted by molar-refractivity contribution is 7.22. The lowest BCUT2D eigenvalue weighted by Gasteiger charge is -2.22. The van der Waals surface area contributed by atoms with Crippen LogP contribution in [0.4, 0.5) is 5.13 Å². The normalized spacial score (nSPS) is 10.9. The molecule has 0 N–H and O–H groups in total. The van der Waals surface area contributed by atoms with Crippen LogP contribution in [-0.4, -0.2) is 59.4 Å². The van der Waals surface area contributed by atoms with Crippen LogP contribution in [0.5, 0.6) is 5.75 Å². The van der Waals surface area contributed by atoms with Gasteiger partial charge in [-0.3, -0.25) is 14.4 Å². The molecule has 0 saturated carbocycles. The highest BCUT2D eigenvalue weighted by atomic mass is 35.5. The smallest absolute Gasteiger partial charge is 0.278 e. The summed E-state index contributed by atoms with van der Waals surface area (Å²) >= 11 is 1.50. The minimum absolute atomic E-state index is 0. The summed E-state index contributed by atoms with van der Waals surface area (Å²) in [6.07, 6.45) is 1.71. The van der Waals surface area contributed by atoms with Crippen molar-refractivity contribution in [3.8, 4) is 5.75 Å². The number of nitrogens with zero attached hydrogens (tertiary/aromatic N) is 5. The molecule has 152 valence electrons. The quantitative estimate of drug-likeness (QED) is 0.583. The van der Waals surface area contributed by atoms with Crippen LogP contribution in [0, 0.1) is 6.92 Å². The fourth-order valence-corrected chi connectivity index (χ4v) is 3.87. The van der Waals surface area contributed by atoms with Gasteiger partial charge in [0.2, 0.25) is 0 Å². The summed E-state index contributed by atoms with van der Waals surface area (Å²) in [6, 6.07) is 5.86. The van der Waals surface area contributed by atoms with Crippen LogP contribution in [0.3, 0.4) is 0 Å². The average molecular weight is 424 g/mol. The fourth-order valence-electron chi connectivity index (χ4n) is 2.87. The van der Waals surface area contributed by atoms with Crippen LogP contribution in [0.2, 0.25) is 0 Å². The minimum atomic E-state index is -0.0913. The average Bonchev–Trinajstić information content (AvgIpc) is 3.19. The van der Waals surface area contributed by atoms with Gasteiger partial charge < -0.3 is 9.64 Å². The van der Waals surface area contributed by atoms with Gasteiger partial charge in [-0.25, -0.2) is 4.98 Å². The summed E-state index contributed by atoms with van der Waals surface area (Å²) in [7, 11) is 5.77. The Morgan fingerprint density at radius 3 is 2.64 bits per heavy atom. The Hall–Kier alpha value is -2.16. The number of thiazole rings is 1. The third-order valence-electron chi connectivity index (χ3n) is 4.24. The van der Waals surface area contributed by atoms with Crippen molar-refractivity contribution in [2.45, 2.75) is 13.8 Å². The molecule has 1 aromatic carbocycles. The number of carbonyl (C=O) groups excluding carboxylic acids is 1. The first kappa shape index (κ1) is 22.1. The van der Waals surface area contributed by atoms with E-state index in [0.29, 0.717) is 24.0 Å². The van der Waals surface area contributed by atoms with E-state index in [4.69, 9.17) is 9.72 Å². The van der Waals surface area contributed by atoms with Gasteiger partial charge in [0.05, 0.1) is 17.5 Å². The van der Waals surface area contributed by atoms with Crippen LogP contribution in [-0.2, 0) is 7.05 Å². The van der Waals surface area contributed by atoms with Gasteiger partial charge in [0.25, 0.3) is 5.91 Å². The molecular weight excluding hydrogens is 398 g/mol. The molecule has 0 aliphatic carbocycles. The van der Waals surface area contributed by atoms with Crippen molar-refractivity contribution in [3.63, 3.8) is 0 Å². The molecular formula is C19H26ClN5O2S. The highest BCUT2D eigenvalue weighted by Crippen LogP contribution is 2.34. The molecule has 0 unspecified atom stereocenters. The van der Waals surface area contributed by atoms with Gasteiger partial charge in [0.1, 0.15) is 17.0 Å². The molecule has 3 rings (SSSR count). The second-order valence-electron chi connectivity index (χ2n) is 6.59. The molecule has 2 heterocycles. The lowest BCUT2D eigenvalue weighted by atomic mass is 10.2. The highest BCUT2D eigenvalue weighted by Gasteiger charge is 2.25. The van der Waals surface area contributed by atoms with Crippen molar-refractivity contribution in [2.75, 3.05) is 38.7 Å². The Bertz CT molecular complexity index is 934. The Morgan fingerprint density at radius 1 is 1.29 bits per heavy atom. The number of rotatable bonds is 7. The molecule has 9 heteroatoms. The van der Waals surface area contributed by atoms with E-state index in [0.717, 1.165) is 28.1 Å². The number of likely N-dealkylation sites (N-methyl/N-ethyl adjacent to an activating group) is 1. The zero-order valence-electron chi connectivity index (χ0n) is 16.8. The van der Waals surface area contributed by atoms with Gasteiger partial charge in [0.15, 0.2) is 5.13 Å². The SMILES string of the molecule is CCOc1cccc2sc(N(CCN(C)C)C(=O)c3c(C)cnn3C)nc12.Cl. The molecule has 0 saturated heterocycles. The van der Waals surface area contributed by atoms with Gasteiger partial charge in [-0.15, -0.1) is 12.4 Å². The molecule has 28 heavy (non-hydrogen) atoms. The van der Waals surface area contributed by atoms with Crippen LogP contribution in [0.15, 0.2) is 24.4 Å². The maximum Gasteiger partial charge on any atom is 0.278 e. The number of halogens is 1. The predicted octanol–water partition coefficient (Wildman–Crippen LogP) is 3.37. The van der Waals surface area contributed by atoms with E-state index in [1.165, 1.54) is 11.3 Å². The van der Waals surface area contributed by atoms with Crippen LogP contribution >= 0.6 is 23.7 Å². The van der Waals surface area contributed by atoms with Gasteiger partial charge in [0, 0.05) is 20.1 Å². The number of para-hydroxylation sites is 1. The monoisotopic (exact) mass is 423 g/mol. The van der Waals surface area contributed by atoms with Crippen molar-refractivity contribution in [1.29, 1.82) is 0 Å². The Balaban J connectivity index is 0.00000280. The number of amides is 1. The molecule has 0 bridgehead atoms. The number of benzene rings is 1. The number of hydrogen-bond acceptors (Lipinski definition) is 6. The molecule has 0 aliphatic rings. The third-order valence-corrected chi connectivity index (χ3v) is 5.29. The third kappa shape index (κ3) is 4.45. The standard InChI is InChI=1S/C19H25N5O2S.ClH/c1-6-26-14-8-7-9-15-16(14)21-19(27-15)24(11-10-22(3)4)18(25)17-13(2)12-20-23(17)5;/h7-9,12H,6,10-11H2,1-5H3;1H. The number of aryl methyl sites for hydroxylation is 2. The number of anilines is 1. The van der Waals surface area contributed by atoms with Crippen molar-refractivity contribution in [1.82, 2.24) is 19.7 Å². The molecule has 0 fully saturated rings. The Labute approximate surface area is 175 Å². The number of aromatic nitrogens is 3. The maximum absolute atomic E-state index is 13.3. The van der Waals surface area contributed by atoms with E-state index in [9.17, 15) is 4.79 Å². The lowest BCUT2D eigenvalue weighted by molar-refractivity contribution is 0.0975. The van der Waals surface area contributed by atoms with Gasteiger partial charge in [-0.1, -0.05) is 17.4 Å². The molecule has 0 atom stereocenters. The summed E-state index contributed by atoms with van der Waals surface area (Å²) in [4.78, 5) is 21.9. The first-order chi connectivity index (χ1) is 12.9. The zero-order valence-corrected chi connectivity index (χ0v) is 18.4. The van der Waals surface area contributed by atoms with Crippen LogP contribution in [0.25, 0.3) is 10.2 Å². The molecule has 0 spiro atoms. The molecule has 0 radical (unpaired) electrons. The van der Waals surface area contributed by atoms with Gasteiger partial charge in [-0.2, -0.15) is 5.10 Å². The maximum atomic E-state index is 13.3. The summed E-state index contributed by atoms with van der Waals surface area (Å²) in [5, 5.41) is 4.88. The van der Waals surface area contributed by atoms with Crippen LogP contribution < -0.4 is 9.64 Å². The second kappa shape index (κ2) is 9.36. The predicted molar refractivity (Wildman–Crippen MR) is 116 cm³/mol. The summed E-state index contributed by atoms with van der Waals surface area (Å²) < 4.78 is 8.32.